The fraction of sp³-hybridized carbons (Fsp3) is 0.250. The van der Waals surface area contributed by atoms with Crippen LogP contribution in [0, 0.1) is 6.92 Å². The van der Waals surface area contributed by atoms with E-state index in [4.69, 9.17) is 9.15 Å². The van der Waals surface area contributed by atoms with Crippen molar-refractivity contribution in [3.8, 4) is 0 Å². The highest BCUT2D eigenvalue weighted by Crippen LogP contribution is 2.31. The fourth-order valence-electron chi connectivity index (χ4n) is 1.75. The molecular formula is C12H9BrO5. The van der Waals surface area contributed by atoms with Gasteiger partial charge in [0.05, 0.1) is 16.7 Å². The fourth-order valence-corrected chi connectivity index (χ4v) is 2.16. The van der Waals surface area contributed by atoms with Crippen molar-refractivity contribution >= 4 is 33.5 Å². The van der Waals surface area contributed by atoms with Crippen LogP contribution in [0.15, 0.2) is 15.0 Å². The summed E-state index contributed by atoms with van der Waals surface area (Å²) < 4.78 is 10.2. The van der Waals surface area contributed by atoms with Gasteiger partial charge in [-0.05, 0) is 29.8 Å². The van der Waals surface area contributed by atoms with Crippen LogP contribution in [0.1, 0.15) is 44.0 Å². The van der Waals surface area contributed by atoms with Crippen LogP contribution in [0.2, 0.25) is 0 Å². The molecule has 0 saturated heterocycles. The van der Waals surface area contributed by atoms with Crippen LogP contribution in [0.5, 0.6) is 0 Å². The third-order valence-corrected chi connectivity index (χ3v) is 3.08. The second-order valence-electron chi connectivity index (χ2n) is 3.64. The molecule has 2 rings (SSSR count). The van der Waals surface area contributed by atoms with Crippen molar-refractivity contribution in [1.82, 2.24) is 0 Å². The van der Waals surface area contributed by atoms with E-state index in [2.05, 4.69) is 15.9 Å². The van der Waals surface area contributed by atoms with Gasteiger partial charge in [-0.1, -0.05) is 0 Å². The molecule has 1 aromatic heterocycles. The molecule has 0 amide bonds. The van der Waals surface area contributed by atoms with Crippen LogP contribution in [0.25, 0.3) is 0 Å². The summed E-state index contributed by atoms with van der Waals surface area (Å²) in [5.41, 5.74) is 0.000532. The van der Waals surface area contributed by atoms with Gasteiger partial charge in [-0.2, -0.15) is 0 Å². The molecule has 6 heteroatoms. The zero-order chi connectivity index (χ0) is 13.4. The molecule has 0 bridgehead atoms. The molecule has 18 heavy (non-hydrogen) atoms. The first-order chi connectivity index (χ1) is 8.47. The predicted molar refractivity (Wildman–Crippen MR) is 65.1 cm³/mol. The lowest BCUT2D eigenvalue weighted by Crippen LogP contribution is -2.17. The zero-order valence-electron chi connectivity index (χ0n) is 9.70. The number of ketones is 2. The van der Waals surface area contributed by atoms with Gasteiger partial charge < -0.3 is 9.15 Å². The Balaban J connectivity index is 2.63. The van der Waals surface area contributed by atoms with Crippen LogP contribution in [-0.4, -0.2) is 24.1 Å². The van der Waals surface area contributed by atoms with E-state index in [0.717, 1.165) is 6.08 Å². The van der Waals surface area contributed by atoms with E-state index in [1.165, 1.54) is 6.92 Å². The summed E-state index contributed by atoms with van der Waals surface area (Å²) in [6.45, 7) is 3.35. The van der Waals surface area contributed by atoms with Gasteiger partial charge in [0.25, 0.3) is 0 Å². The van der Waals surface area contributed by atoms with Crippen LogP contribution in [-0.2, 0) is 4.74 Å². The number of ether oxygens (including phenoxy) is 1. The first kappa shape index (κ1) is 12.8. The van der Waals surface area contributed by atoms with E-state index >= 15 is 0 Å². The number of allylic oxidation sites excluding steroid dienone is 2. The molecule has 1 aliphatic carbocycles. The number of Topliss-reactive ketones (excluding diaryl/α,β-unsaturated/α-hetero) is 1. The smallest absolute Gasteiger partial charge is 0.342 e. The second-order valence-corrected chi connectivity index (χ2v) is 4.50. The first-order valence-electron chi connectivity index (χ1n) is 5.24. The zero-order valence-corrected chi connectivity index (χ0v) is 11.3. The van der Waals surface area contributed by atoms with Crippen molar-refractivity contribution < 1.29 is 23.5 Å². The van der Waals surface area contributed by atoms with Crippen molar-refractivity contribution in [1.29, 1.82) is 0 Å². The molecule has 0 radical (unpaired) electrons. The lowest BCUT2D eigenvalue weighted by atomic mass is 9.98. The number of furan rings is 1. The molecular weight excluding hydrogens is 304 g/mol. The standard InChI is InChI=1S/C12H9BrO5/c1-3-17-12(16)8-5(2)18-11-7(14)4-6(13)10(15)9(8)11/h4H,3H2,1-2H3. The normalized spacial score (nSPS) is 14.3. The Morgan fingerprint density at radius 1 is 1.44 bits per heavy atom. The monoisotopic (exact) mass is 312 g/mol. The SMILES string of the molecule is CCOC(=O)c1c(C)oc2c1C(=O)C(Br)=CC2=O. The van der Waals surface area contributed by atoms with E-state index in [0.29, 0.717) is 0 Å². The number of carbonyl (C=O) groups excluding carboxylic acids is 3. The van der Waals surface area contributed by atoms with Crippen LogP contribution < -0.4 is 0 Å². The number of carbonyl (C=O) groups is 3. The third-order valence-electron chi connectivity index (χ3n) is 2.49. The molecule has 0 aromatic carbocycles. The Bertz CT molecular complexity index is 594. The third kappa shape index (κ3) is 1.82. The maximum absolute atomic E-state index is 12.0. The number of hydrogen-bond acceptors (Lipinski definition) is 5. The van der Waals surface area contributed by atoms with Crippen LogP contribution in [0.4, 0.5) is 0 Å². The average molecular weight is 313 g/mol. The average Bonchev–Trinajstić information content (AvgIpc) is 2.65. The highest BCUT2D eigenvalue weighted by atomic mass is 79.9. The Labute approximate surface area is 111 Å². The quantitative estimate of drug-likeness (QED) is 0.784. The maximum atomic E-state index is 12.0. The molecule has 94 valence electrons. The number of aryl methyl sites for hydroxylation is 1. The van der Waals surface area contributed by atoms with E-state index in [-0.39, 0.29) is 33.7 Å². The lowest BCUT2D eigenvalue weighted by Gasteiger charge is -2.07. The summed E-state index contributed by atoms with van der Waals surface area (Å²) >= 11 is 2.99. The summed E-state index contributed by atoms with van der Waals surface area (Å²) in [6.07, 6.45) is 1.13. The Morgan fingerprint density at radius 2 is 2.11 bits per heavy atom. The molecule has 1 aromatic rings. The van der Waals surface area contributed by atoms with Crippen molar-refractivity contribution in [2.45, 2.75) is 13.8 Å². The highest BCUT2D eigenvalue weighted by Gasteiger charge is 2.35. The molecule has 1 aliphatic rings. The molecule has 0 unspecified atom stereocenters. The predicted octanol–water partition coefficient (Wildman–Crippen LogP) is 2.42. The number of hydrogen-bond donors (Lipinski definition) is 0. The van der Waals surface area contributed by atoms with Gasteiger partial charge in [-0.25, -0.2) is 4.79 Å². The molecule has 0 N–H and O–H groups in total. The maximum Gasteiger partial charge on any atom is 0.342 e. The van der Waals surface area contributed by atoms with Crippen molar-refractivity contribution in [2.24, 2.45) is 0 Å². The van der Waals surface area contributed by atoms with Gasteiger partial charge in [0.1, 0.15) is 11.3 Å². The lowest BCUT2D eigenvalue weighted by molar-refractivity contribution is 0.0522. The van der Waals surface area contributed by atoms with Crippen molar-refractivity contribution in [2.75, 3.05) is 6.61 Å². The number of halogens is 1. The summed E-state index contributed by atoms with van der Waals surface area (Å²) in [5, 5.41) is 0. The van der Waals surface area contributed by atoms with E-state index in [9.17, 15) is 14.4 Å². The van der Waals surface area contributed by atoms with Gasteiger partial charge in [0.15, 0.2) is 5.76 Å². The Hall–Kier alpha value is -1.69. The highest BCUT2D eigenvalue weighted by molar-refractivity contribution is 9.12. The van der Waals surface area contributed by atoms with Gasteiger partial charge in [-0.3, -0.25) is 9.59 Å². The number of esters is 1. The second kappa shape index (κ2) is 4.53. The van der Waals surface area contributed by atoms with Crippen LogP contribution >= 0.6 is 15.9 Å². The molecule has 0 atom stereocenters. The van der Waals surface area contributed by atoms with Gasteiger partial charge in [0.2, 0.25) is 11.6 Å². The molecule has 0 saturated carbocycles. The minimum atomic E-state index is -0.664. The van der Waals surface area contributed by atoms with E-state index in [1.807, 2.05) is 0 Å². The van der Waals surface area contributed by atoms with Gasteiger partial charge >= 0.3 is 5.97 Å². The van der Waals surface area contributed by atoms with E-state index in [1.54, 1.807) is 6.92 Å². The van der Waals surface area contributed by atoms with Crippen molar-refractivity contribution in [3.05, 3.63) is 33.2 Å². The summed E-state index contributed by atoms with van der Waals surface area (Å²) in [7, 11) is 0. The Morgan fingerprint density at radius 3 is 2.72 bits per heavy atom. The minimum Gasteiger partial charge on any atom is -0.462 e. The minimum absolute atomic E-state index is 0.0228. The van der Waals surface area contributed by atoms with E-state index < -0.39 is 17.5 Å². The van der Waals surface area contributed by atoms with Crippen LogP contribution in [0.3, 0.4) is 0 Å². The Kier molecular flexibility index (Phi) is 3.21. The van der Waals surface area contributed by atoms with Gasteiger partial charge in [-0.15, -0.1) is 0 Å². The number of rotatable bonds is 2. The number of fused-ring (bicyclic) bond motifs is 1. The topological polar surface area (TPSA) is 73.6 Å². The molecule has 1 heterocycles. The molecule has 0 aliphatic heterocycles. The van der Waals surface area contributed by atoms with Gasteiger partial charge in [0, 0.05) is 6.08 Å². The molecule has 0 spiro atoms. The largest absolute Gasteiger partial charge is 0.462 e. The molecule has 5 nitrogen and oxygen atoms in total. The summed E-state index contributed by atoms with van der Waals surface area (Å²) in [4.78, 5) is 35.4. The summed E-state index contributed by atoms with van der Waals surface area (Å²) in [6, 6.07) is 0. The van der Waals surface area contributed by atoms with Crippen molar-refractivity contribution in [3.63, 3.8) is 0 Å². The summed E-state index contributed by atoms with van der Waals surface area (Å²) in [5.74, 6) is -1.47. The first-order valence-corrected chi connectivity index (χ1v) is 6.03. The molecule has 0 fully saturated rings.